The topological polar surface area (TPSA) is 15.3 Å². The van der Waals surface area contributed by atoms with Crippen LogP contribution >= 0.6 is 11.6 Å². The zero-order chi connectivity index (χ0) is 13.7. The van der Waals surface area contributed by atoms with Gasteiger partial charge in [-0.2, -0.15) is 0 Å². The van der Waals surface area contributed by atoms with E-state index in [2.05, 4.69) is 36.2 Å². The summed E-state index contributed by atoms with van der Waals surface area (Å²) in [7, 11) is 0. The Labute approximate surface area is 122 Å². The third-order valence-electron chi connectivity index (χ3n) is 3.88. The van der Waals surface area contributed by atoms with Crippen molar-refractivity contribution in [3.8, 4) is 0 Å². The molecule has 0 bridgehead atoms. The maximum absolute atomic E-state index is 6.03. The molecule has 0 amide bonds. The first-order valence-electron chi connectivity index (χ1n) is 7.40. The second-order valence-corrected chi connectivity index (χ2v) is 6.04. The van der Waals surface area contributed by atoms with Crippen LogP contribution < -0.4 is 5.32 Å². The lowest BCUT2D eigenvalue weighted by Gasteiger charge is -2.26. The maximum Gasteiger partial charge on any atom is 0.0408 e. The molecule has 1 fully saturated rings. The molecule has 0 aliphatic carbocycles. The zero-order valence-electron chi connectivity index (χ0n) is 12.1. The van der Waals surface area contributed by atoms with Gasteiger partial charge < -0.3 is 5.32 Å². The van der Waals surface area contributed by atoms with Crippen molar-refractivity contribution in [2.75, 3.05) is 19.6 Å². The number of benzene rings is 1. The molecular weight excluding hydrogens is 256 g/mol. The lowest BCUT2D eigenvalue weighted by Crippen LogP contribution is -2.37. The summed E-state index contributed by atoms with van der Waals surface area (Å²) in [6.45, 7) is 8.96. The molecule has 0 saturated carbocycles. The Morgan fingerprint density at radius 3 is 2.89 bits per heavy atom. The molecule has 0 radical (unpaired) electrons. The van der Waals surface area contributed by atoms with Gasteiger partial charge in [-0.15, -0.1) is 0 Å². The van der Waals surface area contributed by atoms with Crippen LogP contribution in [0.25, 0.3) is 0 Å². The molecule has 106 valence electrons. The molecule has 19 heavy (non-hydrogen) atoms. The Morgan fingerprint density at radius 2 is 2.26 bits per heavy atom. The van der Waals surface area contributed by atoms with Gasteiger partial charge in [0.25, 0.3) is 0 Å². The average Bonchev–Trinajstić information content (AvgIpc) is 2.86. The summed E-state index contributed by atoms with van der Waals surface area (Å²) in [5, 5.41) is 4.43. The van der Waals surface area contributed by atoms with E-state index in [1.165, 1.54) is 43.5 Å². The van der Waals surface area contributed by atoms with Crippen LogP contribution in [-0.4, -0.2) is 30.6 Å². The van der Waals surface area contributed by atoms with Crippen LogP contribution in [0.3, 0.4) is 0 Å². The number of nitrogens with zero attached hydrogens (tertiary/aromatic N) is 1. The Kier molecular flexibility index (Phi) is 5.68. The van der Waals surface area contributed by atoms with E-state index in [1.807, 2.05) is 6.07 Å². The molecule has 0 spiro atoms. The van der Waals surface area contributed by atoms with E-state index < -0.39 is 0 Å². The highest BCUT2D eigenvalue weighted by Crippen LogP contribution is 2.18. The number of nitrogens with one attached hydrogen (secondary N) is 1. The number of aryl methyl sites for hydroxylation is 1. The van der Waals surface area contributed by atoms with E-state index in [0.717, 1.165) is 18.1 Å². The minimum absolute atomic E-state index is 0.680. The van der Waals surface area contributed by atoms with E-state index >= 15 is 0 Å². The largest absolute Gasteiger partial charge is 0.313 e. The molecule has 1 heterocycles. The minimum Gasteiger partial charge on any atom is -0.313 e. The smallest absolute Gasteiger partial charge is 0.0408 e. The van der Waals surface area contributed by atoms with Crippen LogP contribution in [-0.2, 0) is 6.54 Å². The van der Waals surface area contributed by atoms with Gasteiger partial charge in [-0.3, -0.25) is 4.90 Å². The molecule has 1 aromatic rings. The summed E-state index contributed by atoms with van der Waals surface area (Å²) in [5.41, 5.74) is 2.70. The van der Waals surface area contributed by atoms with Crippen molar-refractivity contribution in [2.45, 2.75) is 45.7 Å². The number of hydrogen-bond donors (Lipinski definition) is 1. The van der Waals surface area contributed by atoms with Crippen LogP contribution in [0.5, 0.6) is 0 Å². The van der Waals surface area contributed by atoms with Crippen molar-refractivity contribution < 1.29 is 0 Å². The highest BCUT2D eigenvalue weighted by molar-refractivity contribution is 6.30. The molecule has 1 aliphatic heterocycles. The van der Waals surface area contributed by atoms with E-state index in [9.17, 15) is 0 Å². The molecule has 1 atom stereocenters. The summed E-state index contributed by atoms with van der Waals surface area (Å²) in [6, 6.07) is 6.91. The molecule has 3 heteroatoms. The highest BCUT2D eigenvalue weighted by Gasteiger charge is 2.18. The van der Waals surface area contributed by atoms with Crippen molar-refractivity contribution in [2.24, 2.45) is 0 Å². The van der Waals surface area contributed by atoms with E-state index in [0.29, 0.717) is 6.04 Å². The first kappa shape index (κ1) is 14.8. The fraction of sp³-hybridized carbons (Fsp3) is 0.625. The predicted molar refractivity (Wildman–Crippen MR) is 82.8 cm³/mol. The van der Waals surface area contributed by atoms with Gasteiger partial charge in [0.15, 0.2) is 0 Å². The van der Waals surface area contributed by atoms with Gasteiger partial charge in [-0.05, 0) is 62.5 Å². The van der Waals surface area contributed by atoms with Crippen molar-refractivity contribution in [1.29, 1.82) is 0 Å². The van der Waals surface area contributed by atoms with Gasteiger partial charge in [0.1, 0.15) is 0 Å². The first-order chi connectivity index (χ1) is 9.19. The van der Waals surface area contributed by atoms with Crippen LogP contribution in [0.15, 0.2) is 18.2 Å². The van der Waals surface area contributed by atoms with Gasteiger partial charge in [0, 0.05) is 24.2 Å². The number of rotatable bonds is 6. The molecule has 2 nitrogen and oxygen atoms in total. The SMILES string of the molecule is CCCN(Cc1ccc(Cl)cc1C)CC1CCCN1. The number of hydrogen-bond acceptors (Lipinski definition) is 2. The Balaban J connectivity index is 1.98. The molecule has 1 aromatic carbocycles. The Morgan fingerprint density at radius 1 is 1.42 bits per heavy atom. The van der Waals surface area contributed by atoms with E-state index in [1.54, 1.807) is 0 Å². The van der Waals surface area contributed by atoms with Crippen molar-refractivity contribution in [3.05, 3.63) is 34.3 Å². The fourth-order valence-corrected chi connectivity index (χ4v) is 3.08. The predicted octanol–water partition coefficient (Wildman–Crippen LogP) is 3.61. The third-order valence-corrected chi connectivity index (χ3v) is 4.11. The minimum atomic E-state index is 0.680. The third kappa shape index (κ3) is 4.48. The molecule has 1 unspecified atom stereocenters. The molecule has 1 N–H and O–H groups in total. The molecular formula is C16H25ClN2. The zero-order valence-corrected chi connectivity index (χ0v) is 12.8. The summed E-state index contributed by atoms with van der Waals surface area (Å²) < 4.78 is 0. The Hall–Kier alpha value is -0.570. The number of halogens is 1. The summed E-state index contributed by atoms with van der Waals surface area (Å²) in [4.78, 5) is 2.57. The highest BCUT2D eigenvalue weighted by atomic mass is 35.5. The van der Waals surface area contributed by atoms with Gasteiger partial charge in [0.05, 0.1) is 0 Å². The van der Waals surface area contributed by atoms with Crippen molar-refractivity contribution in [3.63, 3.8) is 0 Å². The second-order valence-electron chi connectivity index (χ2n) is 5.60. The molecule has 1 saturated heterocycles. The molecule has 2 rings (SSSR count). The summed E-state index contributed by atoms with van der Waals surface area (Å²) in [6.07, 6.45) is 3.85. The van der Waals surface area contributed by atoms with Crippen molar-refractivity contribution in [1.82, 2.24) is 10.2 Å². The standard InChI is InChI=1S/C16H25ClN2/c1-3-9-19(12-16-5-4-8-18-16)11-14-6-7-15(17)10-13(14)2/h6-7,10,16,18H,3-5,8-9,11-12H2,1-2H3. The monoisotopic (exact) mass is 280 g/mol. The van der Waals surface area contributed by atoms with Crippen LogP contribution in [0.4, 0.5) is 0 Å². The maximum atomic E-state index is 6.03. The Bertz CT molecular complexity index is 400. The molecule has 0 aromatic heterocycles. The normalized spacial score (nSPS) is 19.3. The summed E-state index contributed by atoms with van der Waals surface area (Å²) >= 11 is 6.03. The van der Waals surface area contributed by atoms with E-state index in [4.69, 9.17) is 11.6 Å². The summed E-state index contributed by atoms with van der Waals surface area (Å²) in [5.74, 6) is 0. The van der Waals surface area contributed by atoms with E-state index in [-0.39, 0.29) is 0 Å². The van der Waals surface area contributed by atoms with Gasteiger partial charge >= 0.3 is 0 Å². The van der Waals surface area contributed by atoms with Crippen LogP contribution in [0, 0.1) is 6.92 Å². The lowest BCUT2D eigenvalue weighted by atomic mass is 10.1. The lowest BCUT2D eigenvalue weighted by molar-refractivity contribution is 0.241. The average molecular weight is 281 g/mol. The van der Waals surface area contributed by atoms with Gasteiger partial charge in [-0.1, -0.05) is 24.6 Å². The van der Waals surface area contributed by atoms with Gasteiger partial charge in [0.2, 0.25) is 0 Å². The van der Waals surface area contributed by atoms with Crippen molar-refractivity contribution >= 4 is 11.6 Å². The first-order valence-corrected chi connectivity index (χ1v) is 7.77. The second kappa shape index (κ2) is 7.28. The quantitative estimate of drug-likeness (QED) is 0.856. The molecule has 1 aliphatic rings. The van der Waals surface area contributed by atoms with Gasteiger partial charge in [-0.25, -0.2) is 0 Å². The van der Waals surface area contributed by atoms with Crippen LogP contribution in [0.2, 0.25) is 5.02 Å². The van der Waals surface area contributed by atoms with Crippen LogP contribution in [0.1, 0.15) is 37.3 Å². The fourth-order valence-electron chi connectivity index (χ4n) is 2.85.